The van der Waals surface area contributed by atoms with E-state index in [4.69, 9.17) is 0 Å². The highest BCUT2D eigenvalue weighted by atomic mass is 16.2. The number of hydrogen-bond donors (Lipinski definition) is 0. The Bertz CT molecular complexity index is 276. The van der Waals surface area contributed by atoms with Gasteiger partial charge in [-0.2, -0.15) is 5.26 Å². The summed E-state index contributed by atoms with van der Waals surface area (Å²) in [4.78, 5) is 14.2. The zero-order valence-corrected chi connectivity index (χ0v) is 9.92. The molecule has 0 N–H and O–H groups in total. The minimum Gasteiger partial charge on any atom is -0.339 e. The van der Waals surface area contributed by atoms with Crippen molar-refractivity contribution in [1.29, 1.82) is 5.26 Å². The van der Waals surface area contributed by atoms with Crippen LogP contribution in [0.3, 0.4) is 0 Å². The zero-order chi connectivity index (χ0) is 11.5. The van der Waals surface area contributed by atoms with Gasteiger partial charge in [0, 0.05) is 12.6 Å². The molecule has 1 aliphatic heterocycles. The van der Waals surface area contributed by atoms with Gasteiger partial charge in [-0.15, -0.1) is 0 Å². The summed E-state index contributed by atoms with van der Waals surface area (Å²) in [6, 6.07) is 2.53. The molecule has 1 fully saturated rings. The Hall–Kier alpha value is -1.04. The Morgan fingerprint density at radius 1 is 1.53 bits per heavy atom. The van der Waals surface area contributed by atoms with Gasteiger partial charge in [-0.1, -0.05) is 13.8 Å². The smallest absolute Gasteiger partial charge is 0.243 e. The highest BCUT2D eigenvalue weighted by molar-refractivity contribution is 5.85. The molecule has 0 bridgehead atoms. The average molecular weight is 208 g/mol. The second-order valence-corrected chi connectivity index (χ2v) is 4.39. The minimum atomic E-state index is -0.779. The van der Waals surface area contributed by atoms with Gasteiger partial charge in [0.1, 0.15) is 5.41 Å². The Morgan fingerprint density at radius 3 is 2.47 bits per heavy atom. The van der Waals surface area contributed by atoms with Gasteiger partial charge in [-0.25, -0.2) is 0 Å². The van der Waals surface area contributed by atoms with Crippen molar-refractivity contribution < 1.29 is 4.79 Å². The van der Waals surface area contributed by atoms with E-state index in [-0.39, 0.29) is 5.91 Å². The van der Waals surface area contributed by atoms with Crippen molar-refractivity contribution in [3.8, 4) is 6.07 Å². The van der Waals surface area contributed by atoms with E-state index in [0.717, 1.165) is 19.4 Å². The van der Waals surface area contributed by atoms with Gasteiger partial charge in [0.05, 0.1) is 6.07 Å². The summed E-state index contributed by atoms with van der Waals surface area (Å²) >= 11 is 0. The van der Waals surface area contributed by atoms with Gasteiger partial charge < -0.3 is 4.90 Å². The number of carbonyl (C=O) groups excluding carboxylic acids is 1. The lowest BCUT2D eigenvalue weighted by atomic mass is 9.82. The first-order valence-corrected chi connectivity index (χ1v) is 5.83. The topological polar surface area (TPSA) is 44.1 Å². The SMILES string of the molecule is CCC(C#N)(CC)C(=O)N1CCCC1C. The number of nitriles is 1. The lowest BCUT2D eigenvalue weighted by Gasteiger charge is -2.31. The molecule has 15 heavy (non-hydrogen) atoms. The first-order valence-electron chi connectivity index (χ1n) is 5.83. The molecule has 1 unspecified atom stereocenters. The first-order chi connectivity index (χ1) is 7.11. The fraction of sp³-hybridized carbons (Fsp3) is 0.833. The molecule has 1 amide bonds. The third-order valence-electron chi connectivity index (χ3n) is 3.64. The van der Waals surface area contributed by atoms with Gasteiger partial charge in [0.15, 0.2) is 0 Å². The van der Waals surface area contributed by atoms with Crippen molar-refractivity contribution in [2.45, 2.75) is 52.5 Å². The Balaban J connectivity index is 2.86. The van der Waals surface area contributed by atoms with Crippen LogP contribution in [0.25, 0.3) is 0 Å². The fourth-order valence-electron chi connectivity index (χ4n) is 2.27. The van der Waals surface area contributed by atoms with Crippen molar-refractivity contribution in [3.63, 3.8) is 0 Å². The summed E-state index contributed by atoms with van der Waals surface area (Å²) in [5, 5.41) is 9.20. The first kappa shape index (κ1) is 12.0. The number of nitrogens with zero attached hydrogens (tertiary/aromatic N) is 2. The van der Waals surface area contributed by atoms with Gasteiger partial charge >= 0.3 is 0 Å². The third kappa shape index (κ3) is 1.99. The molecule has 1 heterocycles. The maximum atomic E-state index is 12.3. The molecule has 84 valence electrons. The predicted octanol–water partition coefficient (Wildman–Crippen LogP) is 2.33. The molecule has 0 aromatic heterocycles. The lowest BCUT2D eigenvalue weighted by molar-refractivity contribution is -0.140. The molecular weight excluding hydrogens is 188 g/mol. The molecular formula is C12H20N2O. The standard InChI is InChI=1S/C12H20N2O/c1-4-12(5-2,9-13)11(15)14-8-6-7-10(14)3/h10H,4-8H2,1-3H3. The number of hydrogen-bond acceptors (Lipinski definition) is 2. The molecule has 1 rings (SSSR count). The van der Waals surface area contributed by atoms with Crippen molar-refractivity contribution in [3.05, 3.63) is 0 Å². The third-order valence-corrected chi connectivity index (χ3v) is 3.64. The van der Waals surface area contributed by atoms with Crippen LogP contribution in [-0.4, -0.2) is 23.4 Å². The number of carbonyl (C=O) groups is 1. The Labute approximate surface area is 92.1 Å². The van der Waals surface area contributed by atoms with Crippen molar-refractivity contribution in [2.75, 3.05) is 6.54 Å². The largest absolute Gasteiger partial charge is 0.339 e. The monoisotopic (exact) mass is 208 g/mol. The molecule has 0 aromatic rings. The molecule has 0 saturated carbocycles. The van der Waals surface area contributed by atoms with Gasteiger partial charge in [0.2, 0.25) is 5.91 Å². The number of likely N-dealkylation sites (tertiary alicyclic amines) is 1. The molecule has 3 nitrogen and oxygen atoms in total. The van der Waals surface area contributed by atoms with Gasteiger partial charge in [0.25, 0.3) is 0 Å². The maximum absolute atomic E-state index is 12.3. The second-order valence-electron chi connectivity index (χ2n) is 4.39. The second kappa shape index (κ2) is 4.65. The van der Waals surface area contributed by atoms with E-state index in [0.29, 0.717) is 18.9 Å². The maximum Gasteiger partial charge on any atom is 0.243 e. The van der Waals surface area contributed by atoms with Gasteiger partial charge in [-0.3, -0.25) is 4.79 Å². The quantitative estimate of drug-likeness (QED) is 0.714. The van der Waals surface area contributed by atoms with Crippen molar-refractivity contribution >= 4 is 5.91 Å². The van der Waals surface area contributed by atoms with E-state index in [2.05, 4.69) is 13.0 Å². The van der Waals surface area contributed by atoms with Crippen LogP contribution in [0.1, 0.15) is 46.5 Å². The van der Waals surface area contributed by atoms with Crippen LogP contribution in [0.5, 0.6) is 0 Å². The van der Waals surface area contributed by atoms with Gasteiger partial charge in [-0.05, 0) is 32.6 Å². The highest BCUT2D eigenvalue weighted by Gasteiger charge is 2.41. The van der Waals surface area contributed by atoms with Crippen molar-refractivity contribution in [2.24, 2.45) is 5.41 Å². The summed E-state index contributed by atoms with van der Waals surface area (Å²) in [7, 11) is 0. The van der Waals surface area contributed by atoms with Crippen LogP contribution in [0, 0.1) is 16.7 Å². The Kier molecular flexibility index (Phi) is 3.73. The fourth-order valence-corrected chi connectivity index (χ4v) is 2.27. The molecule has 1 atom stereocenters. The highest BCUT2D eigenvalue weighted by Crippen LogP contribution is 2.31. The summed E-state index contributed by atoms with van der Waals surface area (Å²) in [6.45, 7) is 6.73. The van der Waals surface area contributed by atoms with E-state index in [1.165, 1.54) is 0 Å². The number of amides is 1. The summed E-state index contributed by atoms with van der Waals surface area (Å²) in [5.74, 6) is 0.0417. The predicted molar refractivity (Wildman–Crippen MR) is 59.0 cm³/mol. The minimum absolute atomic E-state index is 0.0417. The van der Waals surface area contributed by atoms with Crippen LogP contribution in [0.2, 0.25) is 0 Å². The van der Waals surface area contributed by atoms with Crippen molar-refractivity contribution in [1.82, 2.24) is 4.90 Å². The molecule has 0 spiro atoms. The lowest BCUT2D eigenvalue weighted by Crippen LogP contribution is -2.44. The summed E-state index contributed by atoms with van der Waals surface area (Å²) in [6.07, 6.45) is 3.37. The summed E-state index contributed by atoms with van der Waals surface area (Å²) < 4.78 is 0. The van der Waals surface area contributed by atoms with E-state index in [1.807, 2.05) is 18.7 Å². The van der Waals surface area contributed by atoms with Crippen LogP contribution in [0.4, 0.5) is 0 Å². The average Bonchev–Trinajstić information content (AvgIpc) is 2.67. The van der Waals surface area contributed by atoms with E-state index < -0.39 is 5.41 Å². The normalized spacial score (nSPS) is 21.5. The van der Waals surface area contributed by atoms with Crippen LogP contribution in [0.15, 0.2) is 0 Å². The van der Waals surface area contributed by atoms with E-state index in [1.54, 1.807) is 0 Å². The molecule has 3 heteroatoms. The number of rotatable bonds is 3. The van der Waals surface area contributed by atoms with E-state index in [9.17, 15) is 10.1 Å². The van der Waals surface area contributed by atoms with Crippen LogP contribution < -0.4 is 0 Å². The summed E-state index contributed by atoms with van der Waals surface area (Å²) in [5.41, 5.74) is -0.779. The molecule has 0 radical (unpaired) electrons. The van der Waals surface area contributed by atoms with E-state index >= 15 is 0 Å². The van der Waals surface area contributed by atoms with Crippen LogP contribution in [-0.2, 0) is 4.79 Å². The zero-order valence-electron chi connectivity index (χ0n) is 9.92. The molecule has 1 saturated heterocycles. The molecule has 0 aliphatic carbocycles. The van der Waals surface area contributed by atoms with Crippen LogP contribution >= 0.6 is 0 Å². The molecule has 0 aromatic carbocycles. The Morgan fingerprint density at radius 2 is 2.13 bits per heavy atom. The molecule has 1 aliphatic rings.